The summed E-state index contributed by atoms with van der Waals surface area (Å²) in [5.74, 6) is -1.62. The molecule has 0 saturated carbocycles. The number of halogens is 1. The number of aryl methyl sites for hydroxylation is 2. The minimum absolute atomic E-state index is 0.0311. The molecule has 1 rings (SSSR count). The van der Waals surface area contributed by atoms with Gasteiger partial charge in [-0.15, -0.1) is 0 Å². The van der Waals surface area contributed by atoms with Gasteiger partial charge in [-0.05, 0) is 39.3 Å². The van der Waals surface area contributed by atoms with Crippen molar-refractivity contribution in [2.24, 2.45) is 0 Å². The molecule has 0 fully saturated rings. The summed E-state index contributed by atoms with van der Waals surface area (Å²) in [6, 6.07) is 0.979. The summed E-state index contributed by atoms with van der Waals surface area (Å²) in [5, 5.41) is 5.04. The molecule has 23 heavy (non-hydrogen) atoms. The monoisotopic (exact) mass is 341 g/mol. The number of esters is 1. The Bertz CT molecular complexity index is 596. The molecule has 1 heterocycles. The minimum atomic E-state index is -0.735. The van der Waals surface area contributed by atoms with Gasteiger partial charge in [0.25, 0.3) is 5.91 Å². The average molecular weight is 342 g/mol. The second kappa shape index (κ2) is 8.47. The van der Waals surface area contributed by atoms with E-state index in [1.165, 1.54) is 6.92 Å². The van der Waals surface area contributed by atoms with Crippen molar-refractivity contribution < 1.29 is 19.1 Å². The number of aromatic nitrogens is 1. The fourth-order valence-electron chi connectivity index (χ4n) is 1.92. The maximum Gasteiger partial charge on any atom is 0.342 e. The molecule has 126 valence electrons. The van der Waals surface area contributed by atoms with Crippen LogP contribution in [0.4, 0.5) is 0 Å². The molecular weight excluding hydrogens is 322 g/mol. The summed E-state index contributed by atoms with van der Waals surface area (Å²) in [6.07, 6.45) is 0. The van der Waals surface area contributed by atoms with Crippen molar-refractivity contribution >= 4 is 29.4 Å². The molecule has 0 aliphatic rings. The number of carbonyl (C=O) groups excluding carboxylic acids is 3. The van der Waals surface area contributed by atoms with Gasteiger partial charge in [-0.1, -0.05) is 11.6 Å². The molecule has 2 N–H and O–H groups in total. The van der Waals surface area contributed by atoms with Gasteiger partial charge in [0.05, 0.1) is 5.56 Å². The van der Waals surface area contributed by atoms with Crippen molar-refractivity contribution in [3.8, 4) is 0 Å². The van der Waals surface area contributed by atoms with Crippen molar-refractivity contribution in [1.82, 2.24) is 15.6 Å². The van der Waals surface area contributed by atoms with Crippen molar-refractivity contribution in [2.45, 2.75) is 33.7 Å². The van der Waals surface area contributed by atoms with E-state index in [1.54, 1.807) is 26.8 Å². The Kier molecular flexibility index (Phi) is 6.96. The van der Waals surface area contributed by atoms with Gasteiger partial charge in [0.2, 0.25) is 5.91 Å². The summed E-state index contributed by atoms with van der Waals surface area (Å²) in [5.41, 5.74) is 1.42. The number of hydrogen-bond donors (Lipinski definition) is 2. The number of nitrogens with one attached hydrogen (secondary N) is 2. The van der Waals surface area contributed by atoms with Crippen molar-refractivity contribution in [3.05, 3.63) is 28.0 Å². The minimum Gasteiger partial charge on any atom is -0.452 e. The SMILES string of the molecule is CCNC(=O)[C@@H](C)NC(=O)COC(=O)c1c(C)cc(C)nc1Cl. The Labute approximate surface area is 139 Å². The highest BCUT2D eigenvalue weighted by molar-refractivity contribution is 6.32. The summed E-state index contributed by atoms with van der Waals surface area (Å²) < 4.78 is 4.92. The molecule has 0 aliphatic carbocycles. The Morgan fingerprint density at radius 2 is 2.00 bits per heavy atom. The molecule has 0 saturated heterocycles. The summed E-state index contributed by atoms with van der Waals surface area (Å²) in [6.45, 7) is 6.72. The molecular formula is C15H20ClN3O4. The number of hydrogen-bond acceptors (Lipinski definition) is 5. The normalized spacial score (nSPS) is 11.5. The third kappa shape index (κ3) is 5.52. The number of nitrogens with zero attached hydrogens (tertiary/aromatic N) is 1. The van der Waals surface area contributed by atoms with Crippen LogP contribution < -0.4 is 10.6 Å². The van der Waals surface area contributed by atoms with E-state index < -0.39 is 24.5 Å². The third-order valence-corrected chi connectivity index (χ3v) is 3.23. The first kappa shape index (κ1) is 18.9. The van der Waals surface area contributed by atoms with Crippen LogP contribution in [0.3, 0.4) is 0 Å². The van der Waals surface area contributed by atoms with E-state index in [0.29, 0.717) is 17.8 Å². The molecule has 1 aromatic heterocycles. The highest BCUT2D eigenvalue weighted by atomic mass is 35.5. The molecule has 0 unspecified atom stereocenters. The molecule has 8 heteroatoms. The molecule has 0 bridgehead atoms. The van der Waals surface area contributed by atoms with Gasteiger partial charge in [0.1, 0.15) is 11.2 Å². The smallest absolute Gasteiger partial charge is 0.342 e. The lowest BCUT2D eigenvalue weighted by atomic mass is 10.1. The van der Waals surface area contributed by atoms with Crippen LogP contribution in [-0.4, -0.2) is 42.0 Å². The number of ether oxygens (including phenoxy) is 1. The van der Waals surface area contributed by atoms with E-state index in [0.717, 1.165) is 0 Å². The molecule has 0 spiro atoms. The fraction of sp³-hybridized carbons (Fsp3) is 0.467. The number of pyridine rings is 1. The Balaban J connectivity index is 2.60. The van der Waals surface area contributed by atoms with Crippen LogP contribution in [0.15, 0.2) is 6.07 Å². The summed E-state index contributed by atoms with van der Waals surface area (Å²) in [7, 11) is 0. The first-order valence-corrected chi connectivity index (χ1v) is 7.52. The standard InChI is InChI=1S/C15H20ClN3O4/c1-5-17-14(21)10(4)19-11(20)7-23-15(22)12-8(2)6-9(3)18-13(12)16/h6,10H,5,7H2,1-4H3,(H,17,21)(H,19,20)/t10-/m1/s1. The second-order valence-corrected chi connectivity index (χ2v) is 5.36. The van der Waals surface area contributed by atoms with Gasteiger partial charge in [-0.2, -0.15) is 0 Å². The van der Waals surface area contributed by atoms with E-state index in [-0.39, 0.29) is 16.6 Å². The van der Waals surface area contributed by atoms with E-state index in [1.807, 2.05) is 0 Å². The van der Waals surface area contributed by atoms with Crippen LogP contribution >= 0.6 is 11.6 Å². The van der Waals surface area contributed by atoms with Gasteiger partial charge < -0.3 is 15.4 Å². The maximum absolute atomic E-state index is 12.0. The van der Waals surface area contributed by atoms with Crippen molar-refractivity contribution in [1.29, 1.82) is 0 Å². The zero-order chi connectivity index (χ0) is 17.6. The Morgan fingerprint density at radius 1 is 1.35 bits per heavy atom. The van der Waals surface area contributed by atoms with Gasteiger partial charge in [0, 0.05) is 12.2 Å². The van der Waals surface area contributed by atoms with Crippen molar-refractivity contribution in [2.75, 3.05) is 13.2 Å². The van der Waals surface area contributed by atoms with Crippen LogP contribution in [0.5, 0.6) is 0 Å². The van der Waals surface area contributed by atoms with E-state index in [2.05, 4.69) is 15.6 Å². The van der Waals surface area contributed by atoms with Crippen LogP contribution in [0, 0.1) is 13.8 Å². The van der Waals surface area contributed by atoms with Crippen LogP contribution in [0.25, 0.3) is 0 Å². The first-order valence-electron chi connectivity index (χ1n) is 7.14. The topological polar surface area (TPSA) is 97.4 Å². The summed E-state index contributed by atoms with van der Waals surface area (Å²) >= 11 is 5.94. The lowest BCUT2D eigenvalue weighted by molar-refractivity contribution is -0.130. The Hall–Kier alpha value is -2.15. The molecule has 0 radical (unpaired) electrons. The number of rotatable bonds is 6. The highest BCUT2D eigenvalue weighted by Crippen LogP contribution is 2.19. The molecule has 0 aliphatic heterocycles. The van der Waals surface area contributed by atoms with Crippen LogP contribution in [0.2, 0.25) is 5.15 Å². The molecule has 2 amide bonds. The third-order valence-electron chi connectivity index (χ3n) is 2.96. The van der Waals surface area contributed by atoms with E-state index >= 15 is 0 Å². The zero-order valence-electron chi connectivity index (χ0n) is 13.5. The van der Waals surface area contributed by atoms with Crippen molar-refractivity contribution in [3.63, 3.8) is 0 Å². The lowest BCUT2D eigenvalue weighted by Gasteiger charge is -2.14. The molecule has 1 aromatic rings. The first-order chi connectivity index (χ1) is 10.8. The van der Waals surface area contributed by atoms with E-state index in [4.69, 9.17) is 16.3 Å². The molecule has 7 nitrogen and oxygen atoms in total. The van der Waals surface area contributed by atoms with Gasteiger partial charge >= 0.3 is 5.97 Å². The molecule has 0 aromatic carbocycles. The zero-order valence-corrected chi connectivity index (χ0v) is 14.3. The summed E-state index contributed by atoms with van der Waals surface area (Å²) in [4.78, 5) is 39.2. The number of carbonyl (C=O) groups is 3. The predicted molar refractivity (Wildman–Crippen MR) is 85.3 cm³/mol. The lowest BCUT2D eigenvalue weighted by Crippen LogP contribution is -2.46. The highest BCUT2D eigenvalue weighted by Gasteiger charge is 2.19. The average Bonchev–Trinajstić information content (AvgIpc) is 2.44. The number of amides is 2. The van der Waals surface area contributed by atoms with Gasteiger partial charge in [0.15, 0.2) is 6.61 Å². The quantitative estimate of drug-likeness (QED) is 0.597. The van der Waals surface area contributed by atoms with Crippen LogP contribution in [-0.2, 0) is 14.3 Å². The fourth-order valence-corrected chi connectivity index (χ4v) is 2.28. The second-order valence-electron chi connectivity index (χ2n) is 5.01. The number of likely N-dealkylation sites (N-methyl/N-ethyl adjacent to an activating group) is 1. The maximum atomic E-state index is 12.0. The van der Waals surface area contributed by atoms with Gasteiger partial charge in [-0.25, -0.2) is 9.78 Å². The molecule has 1 atom stereocenters. The van der Waals surface area contributed by atoms with Gasteiger partial charge in [-0.3, -0.25) is 9.59 Å². The largest absolute Gasteiger partial charge is 0.452 e. The Morgan fingerprint density at radius 3 is 2.57 bits per heavy atom. The van der Waals surface area contributed by atoms with E-state index in [9.17, 15) is 14.4 Å². The van der Waals surface area contributed by atoms with Crippen LogP contribution in [0.1, 0.15) is 35.5 Å². The predicted octanol–water partition coefficient (Wildman–Crippen LogP) is 1.15.